The van der Waals surface area contributed by atoms with Crippen molar-refractivity contribution in [1.29, 1.82) is 0 Å². The van der Waals surface area contributed by atoms with Crippen molar-refractivity contribution in [2.24, 2.45) is 5.73 Å². The maximum Gasteiger partial charge on any atom is 0.243 e. The van der Waals surface area contributed by atoms with E-state index in [1.54, 1.807) is 39.8 Å². The molecule has 35 heavy (non-hydrogen) atoms. The van der Waals surface area contributed by atoms with Crippen molar-refractivity contribution in [2.45, 2.75) is 26.8 Å². The summed E-state index contributed by atoms with van der Waals surface area (Å²) in [6.45, 7) is 1.80. The number of nitrogens with zero attached hydrogens (tertiary/aromatic N) is 1. The molecule has 3 aromatic rings. The van der Waals surface area contributed by atoms with E-state index in [9.17, 15) is 9.90 Å². The summed E-state index contributed by atoms with van der Waals surface area (Å²) in [5.74, 6) is 1.62. The second-order valence-electron chi connectivity index (χ2n) is 7.25. The van der Waals surface area contributed by atoms with E-state index in [0.717, 1.165) is 16.5 Å². The molecule has 9 nitrogen and oxygen atoms in total. The van der Waals surface area contributed by atoms with Gasteiger partial charge in [0, 0.05) is 17.8 Å². The largest absolute Gasteiger partial charge is 0.493 e. The number of anilines is 1. The molecule has 0 unspecified atom stereocenters. The third kappa shape index (κ3) is 6.47. The van der Waals surface area contributed by atoms with Gasteiger partial charge in [0.15, 0.2) is 11.5 Å². The van der Waals surface area contributed by atoms with Crippen LogP contribution in [0.3, 0.4) is 0 Å². The Morgan fingerprint density at radius 1 is 1.06 bits per heavy atom. The summed E-state index contributed by atoms with van der Waals surface area (Å²) in [7, 11) is 4.70. The highest BCUT2D eigenvalue weighted by atomic mass is 32.1. The minimum Gasteiger partial charge on any atom is -0.493 e. The number of fused-ring (bicyclic) bond motifs is 1. The molecular weight excluding hydrogens is 470 g/mol. The quantitative estimate of drug-likeness (QED) is 0.383. The lowest BCUT2D eigenvalue weighted by Crippen LogP contribution is -2.38. The Kier molecular flexibility index (Phi) is 11.6. The second-order valence-corrected chi connectivity index (χ2v) is 7.25. The number of amides is 1. The molecule has 0 aliphatic heterocycles. The SMILES string of the molecule is C.CCOc1ccc2c(Cc3cc(OC)c(OC)c(OC)c3)cncc2c1NC(=O)[C@@H](N)CO.S. The minimum atomic E-state index is -1.05. The molecule has 4 N–H and O–H groups in total. The number of aliphatic hydroxyl groups excluding tert-OH is 1. The fraction of sp³-hybridized carbons (Fsp3) is 0.360. The first kappa shape index (κ1) is 29.8. The van der Waals surface area contributed by atoms with Gasteiger partial charge in [-0.05, 0) is 48.1 Å². The number of carbonyl (C=O) groups is 1. The monoisotopic (exact) mass is 505 g/mol. The predicted octanol–water partition coefficient (Wildman–Crippen LogP) is 3.26. The molecule has 0 fully saturated rings. The van der Waals surface area contributed by atoms with Gasteiger partial charge < -0.3 is 35.1 Å². The summed E-state index contributed by atoms with van der Waals surface area (Å²) in [5.41, 5.74) is 8.01. The lowest BCUT2D eigenvalue weighted by Gasteiger charge is -2.18. The fourth-order valence-electron chi connectivity index (χ4n) is 3.59. The number of hydrogen-bond donors (Lipinski definition) is 3. The smallest absolute Gasteiger partial charge is 0.243 e. The van der Waals surface area contributed by atoms with E-state index in [-0.39, 0.29) is 20.9 Å². The van der Waals surface area contributed by atoms with Gasteiger partial charge in [0.25, 0.3) is 0 Å². The number of ether oxygens (including phenoxy) is 4. The van der Waals surface area contributed by atoms with Crippen LogP contribution < -0.4 is 30.0 Å². The van der Waals surface area contributed by atoms with Crippen molar-refractivity contribution in [2.75, 3.05) is 39.9 Å². The Hall–Kier alpha value is -3.21. The Morgan fingerprint density at radius 2 is 1.71 bits per heavy atom. The molecule has 0 aliphatic rings. The first-order chi connectivity index (χ1) is 16.0. The molecule has 0 aliphatic carbocycles. The summed E-state index contributed by atoms with van der Waals surface area (Å²) in [6.07, 6.45) is 3.96. The van der Waals surface area contributed by atoms with Crippen molar-refractivity contribution in [1.82, 2.24) is 4.98 Å². The molecule has 10 heteroatoms. The lowest BCUT2D eigenvalue weighted by molar-refractivity contribution is -0.118. The lowest BCUT2D eigenvalue weighted by atomic mass is 9.99. The first-order valence-electron chi connectivity index (χ1n) is 10.5. The third-order valence-electron chi connectivity index (χ3n) is 5.19. The van der Waals surface area contributed by atoms with Crippen LogP contribution in [0.5, 0.6) is 23.0 Å². The van der Waals surface area contributed by atoms with Crippen LogP contribution in [0.4, 0.5) is 5.69 Å². The Balaban J connectivity index is 0.00000306. The highest BCUT2D eigenvalue weighted by Crippen LogP contribution is 2.40. The molecule has 1 aromatic heterocycles. The van der Waals surface area contributed by atoms with Crippen molar-refractivity contribution in [3.8, 4) is 23.0 Å². The van der Waals surface area contributed by atoms with Crippen molar-refractivity contribution >= 4 is 35.9 Å². The van der Waals surface area contributed by atoms with E-state index in [2.05, 4.69) is 10.3 Å². The molecular formula is C25H35N3O6S. The van der Waals surface area contributed by atoms with Gasteiger partial charge in [0.05, 0.1) is 40.2 Å². The van der Waals surface area contributed by atoms with Crippen molar-refractivity contribution < 1.29 is 28.8 Å². The summed E-state index contributed by atoms with van der Waals surface area (Å²) >= 11 is 0. The number of aliphatic hydroxyl groups is 1. The van der Waals surface area contributed by atoms with Gasteiger partial charge in [-0.2, -0.15) is 13.5 Å². The molecule has 0 spiro atoms. The van der Waals surface area contributed by atoms with E-state index in [1.807, 2.05) is 25.1 Å². The highest BCUT2D eigenvalue weighted by Gasteiger charge is 2.19. The number of methoxy groups -OCH3 is 3. The highest BCUT2D eigenvalue weighted by molar-refractivity contribution is 7.59. The van der Waals surface area contributed by atoms with Gasteiger partial charge in [-0.25, -0.2) is 0 Å². The number of rotatable bonds is 10. The molecule has 0 saturated carbocycles. The van der Waals surface area contributed by atoms with Crippen LogP contribution in [-0.2, 0) is 11.2 Å². The number of benzene rings is 2. The van der Waals surface area contributed by atoms with E-state index >= 15 is 0 Å². The number of nitrogens with one attached hydrogen (secondary N) is 1. The number of aromatic nitrogens is 1. The molecule has 0 bridgehead atoms. The number of nitrogens with two attached hydrogens (primary N) is 1. The first-order valence-corrected chi connectivity index (χ1v) is 10.5. The predicted molar refractivity (Wildman–Crippen MR) is 143 cm³/mol. The standard InChI is InChI=1S/C24H29N3O6.CH4.H2S/c1-5-33-19-7-6-16-15(8-14-9-20(30-2)23(32-4)21(10-14)31-3)11-26-12-17(16)22(19)27-24(29)18(25)13-28;;/h6-7,9-12,18,28H,5,8,13,25H2,1-4H3,(H,27,29);1H4;1H2/t18-;;/m0../s1. The summed E-state index contributed by atoms with van der Waals surface area (Å²) < 4.78 is 22.0. The van der Waals surface area contributed by atoms with Gasteiger partial charge in [0.1, 0.15) is 11.8 Å². The zero-order chi connectivity index (χ0) is 24.0. The van der Waals surface area contributed by atoms with Crippen LogP contribution in [-0.4, -0.2) is 56.6 Å². The Morgan fingerprint density at radius 3 is 2.26 bits per heavy atom. The number of carbonyl (C=O) groups excluding carboxylic acids is 1. The fourth-order valence-corrected chi connectivity index (χ4v) is 3.59. The molecule has 0 radical (unpaired) electrons. The zero-order valence-corrected chi connectivity index (χ0v) is 20.7. The topological polar surface area (TPSA) is 125 Å². The van der Waals surface area contributed by atoms with E-state index < -0.39 is 18.6 Å². The van der Waals surface area contributed by atoms with Gasteiger partial charge in [0.2, 0.25) is 11.7 Å². The average molecular weight is 506 g/mol. The van der Waals surface area contributed by atoms with Crippen LogP contribution in [0.1, 0.15) is 25.5 Å². The molecule has 0 saturated heterocycles. The van der Waals surface area contributed by atoms with Gasteiger partial charge in [-0.15, -0.1) is 0 Å². The van der Waals surface area contributed by atoms with Gasteiger partial charge in [-0.3, -0.25) is 9.78 Å². The minimum absolute atomic E-state index is 0. The maximum atomic E-state index is 12.4. The number of pyridine rings is 1. The maximum absolute atomic E-state index is 12.4. The zero-order valence-electron chi connectivity index (χ0n) is 19.7. The third-order valence-corrected chi connectivity index (χ3v) is 5.19. The molecule has 3 rings (SSSR count). The van der Waals surface area contributed by atoms with Crippen LogP contribution in [0, 0.1) is 0 Å². The molecule has 1 heterocycles. The molecule has 2 aromatic carbocycles. The van der Waals surface area contributed by atoms with Crippen LogP contribution >= 0.6 is 13.5 Å². The molecule has 1 amide bonds. The normalized spacial score (nSPS) is 11.0. The molecule has 192 valence electrons. The second kappa shape index (κ2) is 13.6. The summed E-state index contributed by atoms with van der Waals surface area (Å²) in [5, 5.41) is 13.6. The van der Waals surface area contributed by atoms with E-state index in [1.165, 1.54) is 0 Å². The Labute approximate surface area is 213 Å². The van der Waals surface area contributed by atoms with Gasteiger partial charge >= 0.3 is 0 Å². The van der Waals surface area contributed by atoms with Crippen LogP contribution in [0.2, 0.25) is 0 Å². The van der Waals surface area contributed by atoms with E-state index in [4.69, 9.17) is 24.7 Å². The number of hydrogen-bond acceptors (Lipinski definition) is 8. The summed E-state index contributed by atoms with van der Waals surface area (Å²) in [4.78, 5) is 16.8. The Bertz CT molecular complexity index is 1120. The van der Waals surface area contributed by atoms with Crippen LogP contribution in [0.25, 0.3) is 10.8 Å². The molecule has 1 atom stereocenters. The average Bonchev–Trinajstić information content (AvgIpc) is 2.84. The van der Waals surface area contributed by atoms with Crippen LogP contribution in [0.15, 0.2) is 36.7 Å². The summed E-state index contributed by atoms with van der Waals surface area (Å²) in [6, 6.07) is 6.45. The van der Waals surface area contributed by atoms with Crippen molar-refractivity contribution in [3.05, 3.63) is 47.8 Å². The van der Waals surface area contributed by atoms with E-state index in [0.29, 0.717) is 47.1 Å². The van der Waals surface area contributed by atoms with Crippen molar-refractivity contribution in [3.63, 3.8) is 0 Å². The van der Waals surface area contributed by atoms with Gasteiger partial charge in [-0.1, -0.05) is 13.5 Å².